The molecule has 0 aliphatic carbocycles. The first-order valence-electron chi connectivity index (χ1n) is 7.90. The Morgan fingerprint density at radius 1 is 1.13 bits per heavy atom. The van der Waals surface area contributed by atoms with Gasteiger partial charge in [0.05, 0.1) is 11.0 Å². The Morgan fingerprint density at radius 2 is 1.91 bits per heavy atom. The third-order valence-corrected chi connectivity index (χ3v) is 4.15. The maximum absolute atomic E-state index is 12.5. The Balaban J connectivity index is 1.86. The lowest BCUT2D eigenvalue weighted by Gasteiger charge is -2.14. The number of anilines is 1. The maximum atomic E-state index is 12.5. The van der Waals surface area contributed by atoms with Crippen molar-refractivity contribution in [3.8, 4) is 0 Å². The fraction of sp³-hybridized carbons (Fsp3) is 0.263. The Kier molecular flexibility index (Phi) is 4.15. The predicted octanol–water partition coefficient (Wildman–Crippen LogP) is 3.85. The molecule has 1 heterocycles. The molecule has 4 heteroatoms. The number of carbonyl (C=O) groups is 1. The fourth-order valence-electron chi connectivity index (χ4n) is 2.92. The first-order chi connectivity index (χ1) is 11.1. The summed E-state index contributed by atoms with van der Waals surface area (Å²) >= 11 is 0. The van der Waals surface area contributed by atoms with E-state index in [4.69, 9.17) is 0 Å². The number of hydrogen-bond donors (Lipinski definition) is 1. The topological polar surface area (TPSA) is 46.9 Å². The number of nitrogens with one attached hydrogen (secondary N) is 1. The van der Waals surface area contributed by atoms with Gasteiger partial charge in [-0.3, -0.25) is 4.79 Å². The van der Waals surface area contributed by atoms with Crippen LogP contribution >= 0.6 is 0 Å². The van der Waals surface area contributed by atoms with Crippen molar-refractivity contribution in [2.45, 2.75) is 33.7 Å². The lowest BCUT2D eigenvalue weighted by atomic mass is 10.1. The molecule has 0 aliphatic rings. The highest BCUT2D eigenvalue weighted by molar-refractivity contribution is 5.93. The highest BCUT2D eigenvalue weighted by atomic mass is 16.1. The van der Waals surface area contributed by atoms with Gasteiger partial charge in [0.15, 0.2) is 0 Å². The molecule has 0 saturated carbocycles. The van der Waals surface area contributed by atoms with Gasteiger partial charge in [-0.05, 0) is 43.5 Å². The molecular weight excluding hydrogens is 286 g/mol. The summed E-state index contributed by atoms with van der Waals surface area (Å²) in [6.07, 6.45) is 0.893. The van der Waals surface area contributed by atoms with E-state index in [2.05, 4.69) is 23.3 Å². The zero-order chi connectivity index (χ0) is 16.4. The first kappa shape index (κ1) is 15.3. The van der Waals surface area contributed by atoms with Crippen molar-refractivity contribution in [2.75, 3.05) is 5.32 Å². The van der Waals surface area contributed by atoms with E-state index in [1.54, 1.807) is 0 Å². The Hall–Kier alpha value is -2.62. The van der Waals surface area contributed by atoms with Gasteiger partial charge in [-0.2, -0.15) is 0 Å². The van der Waals surface area contributed by atoms with Crippen molar-refractivity contribution < 1.29 is 4.79 Å². The lowest BCUT2D eigenvalue weighted by Crippen LogP contribution is -2.20. The van der Waals surface area contributed by atoms with Crippen LogP contribution in [0.4, 0.5) is 5.69 Å². The number of para-hydroxylation sites is 3. The molecule has 0 fully saturated rings. The molecular formula is C19H21N3O. The van der Waals surface area contributed by atoms with Crippen molar-refractivity contribution in [2.24, 2.45) is 0 Å². The van der Waals surface area contributed by atoms with Gasteiger partial charge in [0, 0.05) is 5.69 Å². The Labute approximate surface area is 136 Å². The lowest BCUT2D eigenvalue weighted by molar-refractivity contribution is -0.116. The molecule has 0 unspecified atom stereocenters. The summed E-state index contributed by atoms with van der Waals surface area (Å²) < 4.78 is 1.95. The largest absolute Gasteiger partial charge is 0.324 e. The van der Waals surface area contributed by atoms with Gasteiger partial charge in [0.1, 0.15) is 12.4 Å². The summed E-state index contributed by atoms with van der Waals surface area (Å²) in [5.74, 6) is 0.821. The number of hydrogen-bond acceptors (Lipinski definition) is 2. The number of amides is 1. The number of rotatable bonds is 4. The van der Waals surface area contributed by atoms with Crippen LogP contribution in [0.25, 0.3) is 11.0 Å². The predicted molar refractivity (Wildman–Crippen MR) is 93.7 cm³/mol. The van der Waals surface area contributed by atoms with Crippen molar-refractivity contribution in [1.29, 1.82) is 0 Å². The fourth-order valence-corrected chi connectivity index (χ4v) is 2.92. The van der Waals surface area contributed by atoms with Gasteiger partial charge < -0.3 is 9.88 Å². The highest BCUT2D eigenvalue weighted by Gasteiger charge is 2.13. The molecule has 1 N–H and O–H groups in total. The van der Waals surface area contributed by atoms with E-state index < -0.39 is 0 Å². The zero-order valence-corrected chi connectivity index (χ0v) is 13.8. The van der Waals surface area contributed by atoms with E-state index in [-0.39, 0.29) is 12.5 Å². The molecule has 0 atom stereocenters. The van der Waals surface area contributed by atoms with Crippen LogP contribution in [0.5, 0.6) is 0 Å². The summed E-state index contributed by atoms with van der Waals surface area (Å²) in [4.78, 5) is 17.0. The van der Waals surface area contributed by atoms with E-state index in [1.807, 2.05) is 54.8 Å². The molecule has 0 spiro atoms. The van der Waals surface area contributed by atoms with Crippen LogP contribution in [0.15, 0.2) is 42.5 Å². The molecule has 4 nitrogen and oxygen atoms in total. The van der Waals surface area contributed by atoms with Crippen molar-refractivity contribution in [3.63, 3.8) is 0 Å². The second-order valence-electron chi connectivity index (χ2n) is 5.74. The van der Waals surface area contributed by atoms with Crippen LogP contribution in [-0.4, -0.2) is 15.5 Å². The smallest absolute Gasteiger partial charge is 0.244 e. The van der Waals surface area contributed by atoms with Crippen LogP contribution < -0.4 is 5.32 Å². The standard InChI is InChI=1S/C19H21N3O/c1-4-15-9-7-8-13(2)19(15)21-18(23)12-22-14(3)20-16-10-5-6-11-17(16)22/h5-11H,4,12H2,1-3H3,(H,21,23). The number of benzene rings is 2. The number of imidazole rings is 1. The number of aromatic nitrogens is 2. The summed E-state index contributed by atoms with van der Waals surface area (Å²) in [6, 6.07) is 14.0. The molecule has 2 aromatic carbocycles. The average molecular weight is 307 g/mol. The van der Waals surface area contributed by atoms with Gasteiger partial charge in [0.2, 0.25) is 5.91 Å². The molecule has 0 bridgehead atoms. The molecule has 118 valence electrons. The van der Waals surface area contributed by atoms with Crippen molar-refractivity contribution in [3.05, 3.63) is 59.4 Å². The molecule has 3 aromatic rings. The van der Waals surface area contributed by atoms with Gasteiger partial charge in [-0.15, -0.1) is 0 Å². The minimum absolute atomic E-state index is 0.0275. The van der Waals surface area contributed by atoms with Gasteiger partial charge in [-0.1, -0.05) is 37.3 Å². The summed E-state index contributed by atoms with van der Waals surface area (Å²) in [7, 11) is 0. The zero-order valence-electron chi connectivity index (χ0n) is 13.8. The highest BCUT2D eigenvalue weighted by Crippen LogP contribution is 2.21. The monoisotopic (exact) mass is 307 g/mol. The number of nitrogens with zero attached hydrogens (tertiary/aromatic N) is 2. The second-order valence-corrected chi connectivity index (χ2v) is 5.74. The van der Waals surface area contributed by atoms with Crippen LogP contribution in [0, 0.1) is 13.8 Å². The van der Waals surface area contributed by atoms with E-state index in [9.17, 15) is 4.79 Å². The van der Waals surface area contributed by atoms with E-state index in [0.717, 1.165) is 40.1 Å². The number of aryl methyl sites for hydroxylation is 3. The Bertz CT molecular complexity index is 864. The van der Waals surface area contributed by atoms with E-state index in [0.29, 0.717) is 0 Å². The van der Waals surface area contributed by atoms with Crippen molar-refractivity contribution in [1.82, 2.24) is 9.55 Å². The van der Waals surface area contributed by atoms with E-state index in [1.165, 1.54) is 0 Å². The first-order valence-corrected chi connectivity index (χ1v) is 7.90. The van der Waals surface area contributed by atoms with E-state index >= 15 is 0 Å². The SMILES string of the molecule is CCc1cccc(C)c1NC(=O)Cn1c(C)nc2ccccc21. The quantitative estimate of drug-likeness (QED) is 0.795. The summed E-state index contributed by atoms with van der Waals surface area (Å²) in [6.45, 7) is 6.31. The molecule has 23 heavy (non-hydrogen) atoms. The van der Waals surface area contributed by atoms with Crippen molar-refractivity contribution >= 4 is 22.6 Å². The van der Waals surface area contributed by atoms with Gasteiger partial charge >= 0.3 is 0 Å². The maximum Gasteiger partial charge on any atom is 0.244 e. The van der Waals surface area contributed by atoms with Crippen LogP contribution in [0.2, 0.25) is 0 Å². The van der Waals surface area contributed by atoms with Crippen LogP contribution in [0.3, 0.4) is 0 Å². The molecule has 0 radical (unpaired) electrons. The molecule has 1 amide bonds. The third kappa shape index (κ3) is 2.97. The Morgan fingerprint density at radius 3 is 2.70 bits per heavy atom. The minimum Gasteiger partial charge on any atom is -0.324 e. The van der Waals surface area contributed by atoms with Crippen LogP contribution in [0.1, 0.15) is 23.9 Å². The van der Waals surface area contributed by atoms with Gasteiger partial charge in [0.25, 0.3) is 0 Å². The minimum atomic E-state index is -0.0275. The molecule has 0 aliphatic heterocycles. The molecule has 3 rings (SSSR count). The normalized spacial score (nSPS) is 10.9. The van der Waals surface area contributed by atoms with Gasteiger partial charge in [-0.25, -0.2) is 4.98 Å². The summed E-state index contributed by atoms with van der Waals surface area (Å²) in [5.41, 5.74) is 5.08. The number of carbonyl (C=O) groups excluding carboxylic acids is 1. The van der Waals surface area contributed by atoms with Crippen LogP contribution in [-0.2, 0) is 17.8 Å². The molecule has 0 saturated heterocycles. The molecule has 1 aromatic heterocycles. The summed E-state index contributed by atoms with van der Waals surface area (Å²) in [5, 5.41) is 3.07. The second kappa shape index (κ2) is 6.24. The number of fused-ring (bicyclic) bond motifs is 1. The third-order valence-electron chi connectivity index (χ3n) is 4.15. The average Bonchev–Trinajstić information content (AvgIpc) is 2.85.